The second-order valence-electron chi connectivity index (χ2n) is 4.48. The molecule has 0 aliphatic rings. The van der Waals surface area contributed by atoms with E-state index in [1.165, 1.54) is 0 Å². The number of nitrogens with one attached hydrogen (secondary N) is 2. The molecule has 4 nitrogen and oxygen atoms in total. The number of rotatable bonds is 3. The molecule has 0 aromatic heterocycles. The van der Waals surface area contributed by atoms with E-state index in [4.69, 9.17) is 0 Å². The Hall–Kier alpha value is -0.610. The summed E-state index contributed by atoms with van der Waals surface area (Å²) in [5.41, 5.74) is 2.82. The minimum absolute atomic E-state index is 0.0150. The largest absolute Gasteiger partial charge is 0.350 e. The molecule has 0 fully saturated rings. The van der Waals surface area contributed by atoms with Crippen LogP contribution in [0.3, 0.4) is 0 Å². The molecule has 78 valence electrons. The lowest BCUT2D eigenvalue weighted by Gasteiger charge is -2.25. The van der Waals surface area contributed by atoms with Crippen LogP contribution >= 0.6 is 0 Å². The van der Waals surface area contributed by atoms with Gasteiger partial charge in [-0.25, -0.2) is 10.4 Å². The molecule has 0 rings (SSSR count). The van der Waals surface area contributed by atoms with E-state index < -0.39 is 0 Å². The van der Waals surface area contributed by atoms with Gasteiger partial charge in [-0.05, 0) is 27.7 Å². The fourth-order valence-electron chi connectivity index (χ4n) is 0.924. The van der Waals surface area contributed by atoms with E-state index in [2.05, 4.69) is 10.7 Å². The Kier molecular flexibility index (Phi) is 4.36. The van der Waals surface area contributed by atoms with Crippen molar-refractivity contribution in [2.24, 2.45) is 0 Å². The van der Waals surface area contributed by atoms with E-state index in [1.54, 1.807) is 5.01 Å². The van der Waals surface area contributed by atoms with Gasteiger partial charge in [0.2, 0.25) is 5.91 Å². The molecular weight excluding hydrogens is 166 g/mol. The van der Waals surface area contributed by atoms with E-state index in [1.807, 2.05) is 41.8 Å². The summed E-state index contributed by atoms with van der Waals surface area (Å²) in [7, 11) is 3.72. The SMILES string of the molecule is CC(NN(C)C)C(=O)NC(C)(C)C. The smallest absolute Gasteiger partial charge is 0.238 e. The topological polar surface area (TPSA) is 44.4 Å². The van der Waals surface area contributed by atoms with Gasteiger partial charge in [0.25, 0.3) is 0 Å². The molecular formula is C9H21N3O. The van der Waals surface area contributed by atoms with Crippen LogP contribution in [-0.2, 0) is 4.79 Å². The van der Waals surface area contributed by atoms with Gasteiger partial charge in [0.15, 0.2) is 0 Å². The van der Waals surface area contributed by atoms with Crippen LogP contribution in [0, 0.1) is 0 Å². The van der Waals surface area contributed by atoms with Crippen molar-refractivity contribution in [2.75, 3.05) is 14.1 Å². The van der Waals surface area contributed by atoms with Gasteiger partial charge in [0.1, 0.15) is 0 Å². The van der Waals surface area contributed by atoms with E-state index in [9.17, 15) is 4.79 Å². The molecule has 2 N–H and O–H groups in total. The van der Waals surface area contributed by atoms with E-state index in [0.29, 0.717) is 0 Å². The number of amides is 1. The summed E-state index contributed by atoms with van der Waals surface area (Å²) < 4.78 is 0. The van der Waals surface area contributed by atoms with Gasteiger partial charge >= 0.3 is 0 Å². The molecule has 1 atom stereocenters. The van der Waals surface area contributed by atoms with Crippen molar-refractivity contribution in [3.05, 3.63) is 0 Å². The second-order valence-corrected chi connectivity index (χ2v) is 4.48. The number of carbonyl (C=O) groups excluding carboxylic acids is 1. The van der Waals surface area contributed by atoms with Gasteiger partial charge in [-0.3, -0.25) is 4.79 Å². The average molecular weight is 187 g/mol. The highest BCUT2D eigenvalue weighted by Gasteiger charge is 2.18. The number of hydrazine groups is 1. The van der Waals surface area contributed by atoms with Crippen molar-refractivity contribution in [1.82, 2.24) is 15.8 Å². The highest BCUT2D eigenvalue weighted by Crippen LogP contribution is 1.99. The Morgan fingerprint density at radius 2 is 1.77 bits per heavy atom. The van der Waals surface area contributed by atoms with Crippen molar-refractivity contribution in [2.45, 2.75) is 39.3 Å². The lowest BCUT2D eigenvalue weighted by Crippen LogP contribution is -2.52. The molecule has 0 radical (unpaired) electrons. The first-order chi connectivity index (χ1) is 5.72. The third kappa shape index (κ3) is 6.54. The van der Waals surface area contributed by atoms with E-state index >= 15 is 0 Å². The Morgan fingerprint density at radius 1 is 1.31 bits per heavy atom. The highest BCUT2D eigenvalue weighted by molar-refractivity contribution is 5.81. The summed E-state index contributed by atoms with van der Waals surface area (Å²) in [6.45, 7) is 7.73. The minimum atomic E-state index is -0.200. The molecule has 0 spiro atoms. The molecule has 0 saturated heterocycles. The van der Waals surface area contributed by atoms with Crippen LogP contribution in [0.1, 0.15) is 27.7 Å². The van der Waals surface area contributed by atoms with Gasteiger partial charge in [-0.1, -0.05) is 0 Å². The summed E-state index contributed by atoms with van der Waals surface area (Å²) in [6.07, 6.45) is 0. The monoisotopic (exact) mass is 187 g/mol. The Bertz CT molecular complexity index is 172. The van der Waals surface area contributed by atoms with Crippen molar-refractivity contribution < 1.29 is 4.79 Å². The minimum Gasteiger partial charge on any atom is -0.350 e. The summed E-state index contributed by atoms with van der Waals surface area (Å²) in [6, 6.07) is -0.200. The predicted octanol–water partition coefficient (Wildman–Crippen LogP) is 0.356. The van der Waals surface area contributed by atoms with Crippen LogP contribution in [-0.4, -0.2) is 36.6 Å². The first kappa shape index (κ1) is 12.4. The molecule has 0 bridgehead atoms. The van der Waals surface area contributed by atoms with Crippen LogP contribution in [0.4, 0.5) is 0 Å². The van der Waals surface area contributed by atoms with Crippen molar-refractivity contribution in [3.63, 3.8) is 0 Å². The zero-order valence-corrected chi connectivity index (χ0v) is 9.43. The molecule has 1 unspecified atom stereocenters. The average Bonchev–Trinajstić information content (AvgIpc) is 1.81. The van der Waals surface area contributed by atoms with Crippen LogP contribution in [0.2, 0.25) is 0 Å². The van der Waals surface area contributed by atoms with Gasteiger partial charge in [-0.15, -0.1) is 0 Å². The highest BCUT2D eigenvalue weighted by atomic mass is 16.2. The summed E-state index contributed by atoms with van der Waals surface area (Å²) in [5, 5.41) is 4.67. The van der Waals surface area contributed by atoms with Crippen LogP contribution in [0.25, 0.3) is 0 Å². The van der Waals surface area contributed by atoms with Crippen LogP contribution in [0.15, 0.2) is 0 Å². The number of hydrogen-bond donors (Lipinski definition) is 2. The van der Waals surface area contributed by atoms with E-state index in [0.717, 1.165) is 0 Å². The van der Waals surface area contributed by atoms with E-state index in [-0.39, 0.29) is 17.5 Å². The zero-order chi connectivity index (χ0) is 10.6. The molecule has 4 heteroatoms. The normalized spacial score (nSPS) is 14.4. The maximum Gasteiger partial charge on any atom is 0.238 e. The molecule has 0 heterocycles. The maximum atomic E-state index is 11.5. The molecule has 0 aliphatic carbocycles. The maximum absolute atomic E-state index is 11.5. The summed E-state index contributed by atoms with van der Waals surface area (Å²) in [5.74, 6) is 0.0150. The third-order valence-electron chi connectivity index (χ3n) is 1.34. The second kappa shape index (κ2) is 4.58. The summed E-state index contributed by atoms with van der Waals surface area (Å²) >= 11 is 0. The Balaban J connectivity index is 3.97. The molecule has 0 aromatic rings. The van der Waals surface area contributed by atoms with Crippen LogP contribution in [0.5, 0.6) is 0 Å². The fourth-order valence-corrected chi connectivity index (χ4v) is 0.924. The van der Waals surface area contributed by atoms with Gasteiger partial charge < -0.3 is 5.32 Å². The van der Waals surface area contributed by atoms with Gasteiger partial charge in [0.05, 0.1) is 6.04 Å². The first-order valence-corrected chi connectivity index (χ1v) is 4.48. The van der Waals surface area contributed by atoms with Crippen LogP contribution < -0.4 is 10.7 Å². The van der Waals surface area contributed by atoms with Crippen molar-refractivity contribution >= 4 is 5.91 Å². The molecule has 13 heavy (non-hydrogen) atoms. The fraction of sp³-hybridized carbons (Fsp3) is 0.889. The zero-order valence-electron chi connectivity index (χ0n) is 9.43. The summed E-state index contributed by atoms with van der Waals surface area (Å²) in [4.78, 5) is 11.5. The number of nitrogens with zero attached hydrogens (tertiary/aromatic N) is 1. The quantitative estimate of drug-likeness (QED) is 0.627. The molecule has 0 aliphatic heterocycles. The number of carbonyl (C=O) groups is 1. The van der Waals surface area contributed by atoms with Crippen molar-refractivity contribution in [1.29, 1.82) is 0 Å². The lowest BCUT2D eigenvalue weighted by atomic mass is 10.1. The van der Waals surface area contributed by atoms with Gasteiger partial charge in [-0.2, -0.15) is 0 Å². The first-order valence-electron chi connectivity index (χ1n) is 4.48. The lowest BCUT2D eigenvalue weighted by molar-refractivity contribution is -0.125. The van der Waals surface area contributed by atoms with Gasteiger partial charge in [0, 0.05) is 19.6 Å². The van der Waals surface area contributed by atoms with Crippen molar-refractivity contribution in [3.8, 4) is 0 Å². The molecule has 0 aromatic carbocycles. The standard InChI is InChI=1S/C9H21N3O/c1-7(11-12(5)6)8(13)10-9(2,3)4/h7,11H,1-6H3,(H,10,13). The Morgan fingerprint density at radius 3 is 2.08 bits per heavy atom. The predicted molar refractivity (Wildman–Crippen MR) is 54.2 cm³/mol. The number of hydrogen-bond acceptors (Lipinski definition) is 3. The molecule has 1 amide bonds. The third-order valence-corrected chi connectivity index (χ3v) is 1.34. The Labute approximate surface area is 80.7 Å². The molecule has 0 saturated carbocycles.